The van der Waals surface area contributed by atoms with E-state index in [1.807, 2.05) is 0 Å². The first-order valence-electron chi connectivity index (χ1n) is 5.42. The van der Waals surface area contributed by atoms with Gasteiger partial charge in [-0.3, -0.25) is 0 Å². The van der Waals surface area contributed by atoms with Crippen molar-refractivity contribution in [3.63, 3.8) is 0 Å². The zero-order valence-corrected chi connectivity index (χ0v) is 8.90. The van der Waals surface area contributed by atoms with Gasteiger partial charge in [-0.2, -0.15) is 0 Å². The molecule has 1 aromatic carbocycles. The highest BCUT2D eigenvalue weighted by Crippen LogP contribution is 2.48. The highest BCUT2D eigenvalue weighted by molar-refractivity contribution is 5.81. The van der Waals surface area contributed by atoms with E-state index in [-0.39, 0.29) is 12.0 Å². The Morgan fingerprint density at radius 3 is 2.80 bits per heavy atom. The first-order valence-corrected chi connectivity index (χ1v) is 5.42. The molecule has 1 N–H and O–H groups in total. The number of aryl methyl sites for hydroxylation is 1. The van der Waals surface area contributed by atoms with Crippen LogP contribution < -0.4 is 0 Å². The van der Waals surface area contributed by atoms with Gasteiger partial charge in [0, 0.05) is 24.2 Å². The van der Waals surface area contributed by atoms with Crippen LogP contribution in [-0.4, -0.2) is 16.3 Å². The van der Waals surface area contributed by atoms with Crippen molar-refractivity contribution >= 4 is 10.9 Å². The predicted octanol–water partition coefficient (Wildman–Crippen LogP) is 2.20. The largest absolute Gasteiger partial charge is 0.395 e. The standard InChI is InChI=1S/C13H15NO/c1-14-7-4-10-2-3-11(8-12(10)14)13(9-15)5-6-13/h2-4,7-8,15H,5-6,9H2,1H3. The summed E-state index contributed by atoms with van der Waals surface area (Å²) in [6.07, 6.45) is 4.33. The first kappa shape index (κ1) is 8.98. The first-order chi connectivity index (χ1) is 7.25. The molecule has 3 rings (SSSR count). The van der Waals surface area contributed by atoms with Gasteiger partial charge < -0.3 is 9.67 Å². The Bertz CT molecular complexity index is 508. The molecule has 0 radical (unpaired) electrons. The SMILES string of the molecule is Cn1ccc2ccc(C3(CO)CC3)cc21. The van der Waals surface area contributed by atoms with Crippen molar-refractivity contribution in [2.45, 2.75) is 18.3 Å². The maximum Gasteiger partial charge on any atom is 0.0527 e. The summed E-state index contributed by atoms with van der Waals surface area (Å²) in [5.74, 6) is 0. The van der Waals surface area contributed by atoms with Crippen molar-refractivity contribution in [3.05, 3.63) is 36.0 Å². The second-order valence-electron chi connectivity index (χ2n) is 4.64. The van der Waals surface area contributed by atoms with Gasteiger partial charge in [-0.1, -0.05) is 12.1 Å². The molecule has 15 heavy (non-hydrogen) atoms. The van der Waals surface area contributed by atoms with Crippen LogP contribution in [0.2, 0.25) is 0 Å². The van der Waals surface area contributed by atoms with Gasteiger partial charge in [0.15, 0.2) is 0 Å². The summed E-state index contributed by atoms with van der Waals surface area (Å²) in [6, 6.07) is 8.65. The van der Waals surface area contributed by atoms with Gasteiger partial charge in [-0.15, -0.1) is 0 Å². The maximum absolute atomic E-state index is 9.40. The molecule has 1 saturated carbocycles. The molecule has 0 saturated heterocycles. The van der Waals surface area contributed by atoms with Gasteiger partial charge in [0.25, 0.3) is 0 Å². The van der Waals surface area contributed by atoms with E-state index in [0.717, 1.165) is 12.8 Å². The lowest BCUT2D eigenvalue weighted by Crippen LogP contribution is -2.11. The molecule has 0 unspecified atom stereocenters. The van der Waals surface area contributed by atoms with Gasteiger partial charge >= 0.3 is 0 Å². The molecule has 0 atom stereocenters. The van der Waals surface area contributed by atoms with Gasteiger partial charge in [-0.05, 0) is 35.9 Å². The smallest absolute Gasteiger partial charge is 0.0527 e. The Kier molecular flexibility index (Phi) is 1.71. The van der Waals surface area contributed by atoms with Gasteiger partial charge in [-0.25, -0.2) is 0 Å². The number of aliphatic hydroxyl groups is 1. The zero-order valence-electron chi connectivity index (χ0n) is 8.90. The molecule has 78 valence electrons. The molecule has 0 bridgehead atoms. The van der Waals surface area contributed by atoms with Crippen LogP contribution in [0.25, 0.3) is 10.9 Å². The monoisotopic (exact) mass is 201 g/mol. The van der Waals surface area contributed by atoms with E-state index in [1.54, 1.807) is 0 Å². The Balaban J connectivity index is 2.17. The summed E-state index contributed by atoms with van der Waals surface area (Å²) in [6.45, 7) is 0.281. The van der Waals surface area contributed by atoms with Gasteiger partial charge in [0.1, 0.15) is 0 Å². The van der Waals surface area contributed by atoms with Gasteiger partial charge in [0.05, 0.1) is 6.61 Å². The summed E-state index contributed by atoms with van der Waals surface area (Å²) in [7, 11) is 2.06. The van der Waals surface area contributed by atoms with E-state index in [4.69, 9.17) is 0 Å². The summed E-state index contributed by atoms with van der Waals surface area (Å²) in [5.41, 5.74) is 2.63. The number of benzene rings is 1. The molecular weight excluding hydrogens is 186 g/mol. The molecule has 1 fully saturated rings. The quantitative estimate of drug-likeness (QED) is 0.791. The van der Waals surface area contributed by atoms with Crippen LogP contribution in [-0.2, 0) is 12.5 Å². The fraction of sp³-hybridized carbons (Fsp3) is 0.385. The second kappa shape index (κ2) is 2.86. The Hall–Kier alpha value is -1.28. The van der Waals surface area contributed by atoms with Crippen molar-refractivity contribution in [2.24, 2.45) is 7.05 Å². The number of nitrogens with zero attached hydrogens (tertiary/aromatic N) is 1. The predicted molar refractivity (Wildman–Crippen MR) is 60.9 cm³/mol. The topological polar surface area (TPSA) is 25.2 Å². The molecule has 0 amide bonds. The lowest BCUT2D eigenvalue weighted by Gasteiger charge is -2.12. The number of hydrogen-bond donors (Lipinski definition) is 1. The summed E-state index contributed by atoms with van der Waals surface area (Å²) >= 11 is 0. The van der Waals surface area contributed by atoms with E-state index < -0.39 is 0 Å². The minimum absolute atomic E-state index is 0.0818. The average molecular weight is 201 g/mol. The lowest BCUT2D eigenvalue weighted by atomic mass is 9.96. The van der Waals surface area contributed by atoms with Crippen molar-refractivity contribution in [2.75, 3.05) is 6.61 Å². The summed E-state index contributed by atoms with van der Waals surface area (Å²) < 4.78 is 2.13. The van der Waals surface area contributed by atoms with Crippen LogP contribution in [0.3, 0.4) is 0 Å². The van der Waals surface area contributed by atoms with Crippen LogP contribution in [0.5, 0.6) is 0 Å². The molecule has 2 heteroatoms. The average Bonchev–Trinajstić information content (AvgIpc) is 2.99. The number of aromatic nitrogens is 1. The third-order valence-corrected chi connectivity index (χ3v) is 3.66. The number of rotatable bonds is 2. The highest BCUT2D eigenvalue weighted by Gasteiger charge is 2.43. The molecular formula is C13H15NO. The lowest BCUT2D eigenvalue weighted by molar-refractivity contribution is 0.255. The highest BCUT2D eigenvalue weighted by atomic mass is 16.3. The number of fused-ring (bicyclic) bond motifs is 1. The third kappa shape index (κ3) is 1.21. The fourth-order valence-corrected chi connectivity index (χ4v) is 2.28. The van der Waals surface area contributed by atoms with Crippen LogP contribution in [0.4, 0.5) is 0 Å². The molecule has 1 aliphatic rings. The molecule has 2 aromatic rings. The van der Waals surface area contributed by atoms with Crippen molar-refractivity contribution in [1.29, 1.82) is 0 Å². The van der Waals surface area contributed by atoms with Crippen LogP contribution in [0.1, 0.15) is 18.4 Å². The number of hydrogen-bond acceptors (Lipinski definition) is 1. The van der Waals surface area contributed by atoms with Crippen LogP contribution in [0.15, 0.2) is 30.5 Å². The molecule has 2 nitrogen and oxygen atoms in total. The van der Waals surface area contributed by atoms with E-state index in [0.29, 0.717) is 0 Å². The maximum atomic E-state index is 9.40. The third-order valence-electron chi connectivity index (χ3n) is 3.66. The minimum Gasteiger partial charge on any atom is -0.395 e. The Morgan fingerprint density at radius 1 is 1.33 bits per heavy atom. The number of aliphatic hydroxyl groups excluding tert-OH is 1. The normalized spacial score (nSPS) is 18.3. The Labute approximate surface area is 89.1 Å². The van der Waals surface area contributed by atoms with Crippen LogP contribution in [0, 0.1) is 0 Å². The molecule has 0 aliphatic heterocycles. The summed E-state index contributed by atoms with van der Waals surface area (Å²) in [5, 5.41) is 10.7. The van der Waals surface area contributed by atoms with Crippen LogP contribution >= 0.6 is 0 Å². The van der Waals surface area contributed by atoms with E-state index in [9.17, 15) is 5.11 Å². The van der Waals surface area contributed by atoms with E-state index >= 15 is 0 Å². The zero-order chi connectivity index (χ0) is 10.5. The molecule has 0 spiro atoms. The fourth-order valence-electron chi connectivity index (χ4n) is 2.28. The van der Waals surface area contributed by atoms with Gasteiger partial charge in [0.2, 0.25) is 0 Å². The van der Waals surface area contributed by atoms with E-state index in [2.05, 4.69) is 42.1 Å². The molecule has 1 aromatic heterocycles. The minimum atomic E-state index is 0.0818. The Morgan fingerprint density at radius 2 is 2.13 bits per heavy atom. The van der Waals surface area contributed by atoms with E-state index in [1.165, 1.54) is 16.5 Å². The van der Waals surface area contributed by atoms with Crippen molar-refractivity contribution in [1.82, 2.24) is 4.57 Å². The molecule has 1 aliphatic carbocycles. The second-order valence-corrected chi connectivity index (χ2v) is 4.64. The van der Waals surface area contributed by atoms with Crippen molar-refractivity contribution in [3.8, 4) is 0 Å². The van der Waals surface area contributed by atoms with Crippen molar-refractivity contribution < 1.29 is 5.11 Å². The molecule has 1 heterocycles. The summed E-state index contributed by atoms with van der Waals surface area (Å²) in [4.78, 5) is 0.